The Morgan fingerprint density at radius 2 is 2.33 bits per heavy atom. The summed E-state index contributed by atoms with van der Waals surface area (Å²) < 4.78 is 2.78. The van der Waals surface area contributed by atoms with Crippen LogP contribution in [0.3, 0.4) is 0 Å². The maximum Gasteiger partial charge on any atom is 0.263 e. The first-order chi connectivity index (χ1) is 8.58. The number of anilines is 1. The summed E-state index contributed by atoms with van der Waals surface area (Å²) in [6.45, 7) is 0. The van der Waals surface area contributed by atoms with Crippen molar-refractivity contribution in [2.75, 3.05) is 11.3 Å². The molecule has 18 heavy (non-hydrogen) atoms. The number of aromatic hydroxyl groups is 1. The number of nitrogens with two attached hydrogens (primary N) is 1. The number of phenolic OH excluding ortho intramolecular Hbond substituents is 1. The molecule has 9 heteroatoms. The predicted octanol–water partition coefficient (Wildman–Crippen LogP) is 1.51. The number of phenols is 1. The van der Waals surface area contributed by atoms with Crippen LogP contribution < -0.4 is 11.3 Å². The van der Waals surface area contributed by atoms with Crippen molar-refractivity contribution in [3.8, 4) is 5.75 Å². The summed E-state index contributed by atoms with van der Waals surface area (Å²) >= 11 is 5.38. The molecule has 0 amide bonds. The Balaban J connectivity index is 2.17. The normalized spacial score (nSPS) is 11.0. The molecule has 1 aromatic carbocycles. The molecule has 0 saturated heterocycles. The van der Waals surface area contributed by atoms with Crippen LogP contribution in [0.25, 0.3) is 0 Å². The molecular formula is C9H8BrIN6O. The summed E-state index contributed by atoms with van der Waals surface area (Å²) in [5, 5.41) is 21.0. The molecule has 0 aliphatic carbocycles. The second-order valence-electron chi connectivity index (χ2n) is 3.26. The number of nitrogens with one attached hydrogen (secondary N) is 1. The van der Waals surface area contributed by atoms with E-state index in [4.69, 9.17) is 5.84 Å². The first kappa shape index (κ1) is 13.1. The number of nitrogen functional groups attached to an aromatic ring is 1. The van der Waals surface area contributed by atoms with Gasteiger partial charge >= 0.3 is 0 Å². The molecule has 0 saturated carbocycles. The third-order valence-corrected chi connectivity index (χ3v) is 3.28. The molecule has 2 rings (SSSR count). The maximum absolute atomic E-state index is 9.83. The highest BCUT2D eigenvalue weighted by molar-refractivity contribution is 14.1. The van der Waals surface area contributed by atoms with E-state index in [1.54, 1.807) is 12.1 Å². The lowest BCUT2D eigenvalue weighted by Gasteiger charge is -2.03. The second kappa shape index (κ2) is 5.52. The van der Waals surface area contributed by atoms with Crippen LogP contribution in [0.1, 0.15) is 5.56 Å². The Kier molecular flexibility index (Phi) is 4.01. The van der Waals surface area contributed by atoms with E-state index < -0.39 is 0 Å². The fourth-order valence-electron chi connectivity index (χ4n) is 1.17. The number of benzene rings is 1. The van der Waals surface area contributed by atoms with E-state index in [9.17, 15) is 5.11 Å². The van der Waals surface area contributed by atoms with Crippen molar-refractivity contribution in [3.05, 3.63) is 32.1 Å². The average molecular weight is 423 g/mol. The summed E-state index contributed by atoms with van der Waals surface area (Å²) in [6, 6.07) is 3.55. The standard InChI is InChI=1S/C9H8BrIN6O/c10-6-1-5(8(18)7(11)2-6)3-13-15-9-16-14-4-17(9)12/h1-4,18H,12H2,(H,15,16)/b13-3-. The fraction of sp³-hybridized carbons (Fsp3) is 0. The summed E-state index contributed by atoms with van der Waals surface area (Å²) in [7, 11) is 0. The molecule has 0 radical (unpaired) electrons. The molecule has 1 aromatic heterocycles. The van der Waals surface area contributed by atoms with Gasteiger partial charge in [-0.3, -0.25) is 0 Å². The van der Waals surface area contributed by atoms with Crippen LogP contribution in [0.4, 0.5) is 5.95 Å². The highest BCUT2D eigenvalue weighted by atomic mass is 127. The lowest BCUT2D eigenvalue weighted by Crippen LogP contribution is -2.10. The smallest absolute Gasteiger partial charge is 0.263 e. The van der Waals surface area contributed by atoms with Crippen molar-refractivity contribution in [2.45, 2.75) is 0 Å². The summed E-state index contributed by atoms with van der Waals surface area (Å²) in [4.78, 5) is 0. The van der Waals surface area contributed by atoms with Crippen LogP contribution in [0.15, 0.2) is 28.0 Å². The number of nitrogens with zero attached hydrogens (tertiary/aromatic N) is 4. The highest BCUT2D eigenvalue weighted by Gasteiger charge is 2.05. The molecule has 0 atom stereocenters. The molecule has 0 aliphatic rings. The molecule has 94 valence electrons. The van der Waals surface area contributed by atoms with E-state index in [0.717, 1.165) is 8.04 Å². The Hall–Kier alpha value is -1.36. The number of aromatic nitrogens is 3. The molecule has 0 spiro atoms. The van der Waals surface area contributed by atoms with E-state index in [-0.39, 0.29) is 5.75 Å². The van der Waals surface area contributed by atoms with E-state index in [2.05, 4.69) is 36.7 Å². The predicted molar refractivity (Wildman–Crippen MR) is 79.9 cm³/mol. The van der Waals surface area contributed by atoms with Crippen LogP contribution in [-0.4, -0.2) is 26.2 Å². The Morgan fingerprint density at radius 3 is 3.00 bits per heavy atom. The minimum atomic E-state index is 0.165. The Morgan fingerprint density at radius 1 is 1.56 bits per heavy atom. The lowest BCUT2D eigenvalue weighted by atomic mass is 10.2. The fourth-order valence-corrected chi connectivity index (χ4v) is 2.72. The number of rotatable bonds is 3. The largest absolute Gasteiger partial charge is 0.506 e. The number of hydrazone groups is 1. The first-order valence-electron chi connectivity index (χ1n) is 4.70. The van der Waals surface area contributed by atoms with Gasteiger partial charge in [0.15, 0.2) is 0 Å². The molecule has 4 N–H and O–H groups in total. The minimum absolute atomic E-state index is 0.165. The molecule has 1 heterocycles. The third kappa shape index (κ3) is 2.90. The Bertz CT molecular complexity index is 599. The van der Waals surface area contributed by atoms with Gasteiger partial charge in [0.2, 0.25) is 0 Å². The number of hydrogen-bond acceptors (Lipinski definition) is 6. The van der Waals surface area contributed by atoms with Crippen molar-refractivity contribution >= 4 is 50.7 Å². The van der Waals surface area contributed by atoms with Crippen molar-refractivity contribution in [2.24, 2.45) is 5.10 Å². The quantitative estimate of drug-likeness (QED) is 0.301. The number of hydrogen-bond donors (Lipinski definition) is 3. The van der Waals surface area contributed by atoms with Gasteiger partial charge in [-0.15, -0.1) is 10.2 Å². The van der Waals surface area contributed by atoms with E-state index in [1.165, 1.54) is 17.2 Å². The van der Waals surface area contributed by atoms with Gasteiger partial charge in [-0.25, -0.2) is 10.1 Å². The zero-order valence-electron chi connectivity index (χ0n) is 8.88. The molecule has 2 aromatic rings. The van der Waals surface area contributed by atoms with Crippen LogP contribution in [0.5, 0.6) is 5.75 Å². The zero-order valence-corrected chi connectivity index (χ0v) is 12.6. The van der Waals surface area contributed by atoms with Crippen LogP contribution >= 0.6 is 38.5 Å². The molecule has 0 aliphatic heterocycles. The molecular weight excluding hydrogens is 415 g/mol. The highest BCUT2D eigenvalue weighted by Crippen LogP contribution is 2.27. The van der Waals surface area contributed by atoms with E-state index >= 15 is 0 Å². The summed E-state index contributed by atoms with van der Waals surface area (Å²) in [5.41, 5.74) is 3.19. The van der Waals surface area contributed by atoms with Crippen molar-refractivity contribution in [1.82, 2.24) is 14.9 Å². The SMILES string of the molecule is Nn1cnnc1N/N=C\c1cc(Br)cc(I)c1O. The van der Waals surface area contributed by atoms with Gasteiger partial charge in [0.25, 0.3) is 5.95 Å². The topological polar surface area (TPSA) is 101 Å². The van der Waals surface area contributed by atoms with Crippen LogP contribution in [0, 0.1) is 3.57 Å². The van der Waals surface area contributed by atoms with Crippen LogP contribution in [-0.2, 0) is 0 Å². The van der Waals surface area contributed by atoms with Gasteiger partial charge < -0.3 is 10.9 Å². The number of halogens is 2. The summed E-state index contributed by atoms with van der Waals surface area (Å²) in [5.74, 6) is 5.96. The van der Waals surface area contributed by atoms with Crippen molar-refractivity contribution < 1.29 is 5.11 Å². The summed E-state index contributed by atoms with van der Waals surface area (Å²) in [6.07, 6.45) is 2.81. The molecule has 0 fully saturated rings. The van der Waals surface area contributed by atoms with Gasteiger partial charge in [0, 0.05) is 10.0 Å². The van der Waals surface area contributed by atoms with Gasteiger partial charge in [-0.05, 0) is 34.7 Å². The average Bonchev–Trinajstić information content (AvgIpc) is 2.71. The lowest BCUT2D eigenvalue weighted by molar-refractivity contribution is 0.470. The zero-order chi connectivity index (χ0) is 13.1. The molecule has 0 bridgehead atoms. The molecule has 0 unspecified atom stereocenters. The monoisotopic (exact) mass is 422 g/mol. The van der Waals surface area contributed by atoms with Gasteiger partial charge in [0.05, 0.1) is 9.78 Å². The van der Waals surface area contributed by atoms with E-state index in [0.29, 0.717) is 11.5 Å². The van der Waals surface area contributed by atoms with Gasteiger partial charge in [-0.2, -0.15) is 5.10 Å². The van der Waals surface area contributed by atoms with Crippen molar-refractivity contribution in [3.63, 3.8) is 0 Å². The van der Waals surface area contributed by atoms with Gasteiger partial charge in [-0.1, -0.05) is 15.9 Å². The second-order valence-corrected chi connectivity index (χ2v) is 5.34. The minimum Gasteiger partial charge on any atom is -0.506 e. The van der Waals surface area contributed by atoms with Crippen LogP contribution in [0.2, 0.25) is 0 Å². The van der Waals surface area contributed by atoms with Crippen molar-refractivity contribution in [1.29, 1.82) is 0 Å². The maximum atomic E-state index is 9.83. The third-order valence-electron chi connectivity index (χ3n) is 2.00. The Labute approximate surface area is 124 Å². The van der Waals surface area contributed by atoms with E-state index in [1.807, 2.05) is 22.6 Å². The van der Waals surface area contributed by atoms with Gasteiger partial charge in [0.1, 0.15) is 12.1 Å². The molecule has 7 nitrogen and oxygen atoms in total. The first-order valence-corrected chi connectivity index (χ1v) is 6.57.